The molecule has 19 heavy (non-hydrogen) atoms. The molecule has 1 rings (SSSR count). The summed E-state index contributed by atoms with van der Waals surface area (Å²) < 4.78 is 0. The zero-order chi connectivity index (χ0) is 14.3. The number of rotatable bonds is 7. The summed E-state index contributed by atoms with van der Waals surface area (Å²) in [6.45, 7) is 6.43. The van der Waals surface area contributed by atoms with Crippen LogP contribution < -0.4 is 5.32 Å². The Bertz CT molecular complexity index is 402. The standard InChI is InChI=1S/C14H22N2O2S/c1-4-16(10-13(17)15-11(2)3)14(18)8-7-12-6-5-9-19-12/h5-6,9,11H,4,7-8,10H2,1-3H3,(H,15,17). The van der Waals surface area contributed by atoms with Gasteiger partial charge < -0.3 is 10.2 Å². The van der Waals surface area contributed by atoms with E-state index in [4.69, 9.17) is 0 Å². The van der Waals surface area contributed by atoms with E-state index >= 15 is 0 Å². The Morgan fingerprint density at radius 2 is 2.16 bits per heavy atom. The maximum Gasteiger partial charge on any atom is 0.239 e. The third kappa shape index (κ3) is 5.87. The highest BCUT2D eigenvalue weighted by Crippen LogP contribution is 2.11. The lowest BCUT2D eigenvalue weighted by molar-refractivity contribution is -0.136. The molecule has 0 unspecified atom stereocenters. The monoisotopic (exact) mass is 282 g/mol. The maximum atomic E-state index is 12.0. The number of carbonyl (C=O) groups excluding carboxylic acids is 2. The van der Waals surface area contributed by atoms with Crippen molar-refractivity contribution in [1.29, 1.82) is 0 Å². The van der Waals surface area contributed by atoms with Crippen molar-refractivity contribution in [2.75, 3.05) is 13.1 Å². The van der Waals surface area contributed by atoms with Crippen molar-refractivity contribution in [3.05, 3.63) is 22.4 Å². The average molecular weight is 282 g/mol. The lowest BCUT2D eigenvalue weighted by Gasteiger charge is -2.21. The highest BCUT2D eigenvalue weighted by molar-refractivity contribution is 7.09. The van der Waals surface area contributed by atoms with Gasteiger partial charge in [0.15, 0.2) is 0 Å². The number of hydrogen-bond acceptors (Lipinski definition) is 3. The number of thiophene rings is 1. The smallest absolute Gasteiger partial charge is 0.239 e. The van der Waals surface area contributed by atoms with E-state index in [0.29, 0.717) is 13.0 Å². The molecule has 1 N–H and O–H groups in total. The summed E-state index contributed by atoms with van der Waals surface area (Å²) in [4.78, 5) is 26.5. The minimum Gasteiger partial charge on any atom is -0.352 e. The molecule has 5 heteroatoms. The fraction of sp³-hybridized carbons (Fsp3) is 0.571. The van der Waals surface area contributed by atoms with Crippen LogP contribution in [0.3, 0.4) is 0 Å². The van der Waals surface area contributed by atoms with E-state index in [1.165, 1.54) is 4.88 Å². The van der Waals surface area contributed by atoms with Gasteiger partial charge in [0.2, 0.25) is 11.8 Å². The molecule has 0 aliphatic heterocycles. The van der Waals surface area contributed by atoms with E-state index in [9.17, 15) is 9.59 Å². The largest absolute Gasteiger partial charge is 0.352 e. The molecule has 4 nitrogen and oxygen atoms in total. The molecule has 0 saturated heterocycles. The molecule has 0 atom stereocenters. The zero-order valence-corrected chi connectivity index (χ0v) is 12.6. The topological polar surface area (TPSA) is 49.4 Å². The van der Waals surface area contributed by atoms with E-state index in [0.717, 1.165) is 6.42 Å². The minimum absolute atomic E-state index is 0.0369. The van der Waals surface area contributed by atoms with Crippen molar-refractivity contribution in [2.24, 2.45) is 0 Å². The van der Waals surface area contributed by atoms with Crippen molar-refractivity contribution in [3.8, 4) is 0 Å². The number of likely N-dealkylation sites (N-methyl/N-ethyl adjacent to an activating group) is 1. The van der Waals surface area contributed by atoms with Crippen molar-refractivity contribution in [2.45, 2.75) is 39.7 Å². The predicted octanol–water partition coefficient (Wildman–Crippen LogP) is 2.05. The van der Waals surface area contributed by atoms with Crippen LogP contribution in [0.1, 0.15) is 32.1 Å². The van der Waals surface area contributed by atoms with Gasteiger partial charge in [-0.2, -0.15) is 0 Å². The first-order valence-corrected chi connectivity index (χ1v) is 7.50. The predicted molar refractivity (Wildman–Crippen MR) is 78.2 cm³/mol. The molecule has 2 amide bonds. The van der Waals surface area contributed by atoms with Gasteiger partial charge in [-0.05, 0) is 38.6 Å². The molecule has 0 aliphatic carbocycles. The summed E-state index contributed by atoms with van der Waals surface area (Å²) >= 11 is 1.66. The van der Waals surface area contributed by atoms with Crippen LogP contribution in [-0.2, 0) is 16.0 Å². The second-order valence-corrected chi connectivity index (χ2v) is 5.74. The third-order valence-electron chi connectivity index (χ3n) is 2.68. The molecule has 0 aromatic carbocycles. The average Bonchev–Trinajstić information content (AvgIpc) is 2.85. The fourth-order valence-corrected chi connectivity index (χ4v) is 2.47. The number of carbonyl (C=O) groups is 2. The Hall–Kier alpha value is -1.36. The van der Waals surface area contributed by atoms with Gasteiger partial charge in [-0.15, -0.1) is 11.3 Å². The first kappa shape index (κ1) is 15.7. The molecule has 0 bridgehead atoms. The molecule has 0 spiro atoms. The Morgan fingerprint density at radius 3 is 2.68 bits per heavy atom. The first-order valence-electron chi connectivity index (χ1n) is 6.62. The normalized spacial score (nSPS) is 10.5. The van der Waals surface area contributed by atoms with Crippen LogP contribution in [0.5, 0.6) is 0 Å². The Balaban J connectivity index is 2.40. The van der Waals surface area contributed by atoms with Crippen molar-refractivity contribution in [3.63, 3.8) is 0 Å². The van der Waals surface area contributed by atoms with Crippen LogP contribution in [0.4, 0.5) is 0 Å². The fourth-order valence-electron chi connectivity index (χ4n) is 1.76. The first-order chi connectivity index (χ1) is 9.02. The Labute approximate surface area is 118 Å². The molecule has 1 aromatic heterocycles. The van der Waals surface area contributed by atoms with E-state index in [1.54, 1.807) is 16.2 Å². The second kappa shape index (κ2) is 7.94. The van der Waals surface area contributed by atoms with Crippen LogP contribution in [-0.4, -0.2) is 35.8 Å². The summed E-state index contributed by atoms with van der Waals surface area (Å²) in [6, 6.07) is 4.12. The summed E-state index contributed by atoms with van der Waals surface area (Å²) in [5.74, 6) is -0.0591. The van der Waals surface area contributed by atoms with Crippen molar-refractivity contribution >= 4 is 23.2 Å². The molecule has 0 saturated carbocycles. The number of hydrogen-bond donors (Lipinski definition) is 1. The van der Waals surface area contributed by atoms with Crippen LogP contribution in [0, 0.1) is 0 Å². The van der Waals surface area contributed by atoms with Gasteiger partial charge in [-0.3, -0.25) is 9.59 Å². The van der Waals surface area contributed by atoms with Gasteiger partial charge in [-0.1, -0.05) is 6.07 Å². The van der Waals surface area contributed by atoms with E-state index in [2.05, 4.69) is 5.32 Å². The summed E-state index contributed by atoms with van der Waals surface area (Å²) in [6.07, 6.45) is 1.21. The van der Waals surface area contributed by atoms with Crippen LogP contribution in [0.15, 0.2) is 17.5 Å². The van der Waals surface area contributed by atoms with E-state index in [1.807, 2.05) is 38.3 Å². The highest BCUT2D eigenvalue weighted by Gasteiger charge is 2.15. The Morgan fingerprint density at radius 1 is 1.42 bits per heavy atom. The van der Waals surface area contributed by atoms with Gasteiger partial charge in [0, 0.05) is 23.9 Å². The van der Waals surface area contributed by atoms with Gasteiger partial charge >= 0.3 is 0 Å². The Kier molecular flexibility index (Phi) is 6.56. The van der Waals surface area contributed by atoms with E-state index in [-0.39, 0.29) is 24.4 Å². The van der Waals surface area contributed by atoms with Gasteiger partial charge in [-0.25, -0.2) is 0 Å². The van der Waals surface area contributed by atoms with Gasteiger partial charge in [0.1, 0.15) is 0 Å². The number of nitrogens with zero attached hydrogens (tertiary/aromatic N) is 1. The zero-order valence-electron chi connectivity index (χ0n) is 11.8. The minimum atomic E-state index is -0.0960. The SMILES string of the molecule is CCN(CC(=O)NC(C)C)C(=O)CCc1cccs1. The molecule has 0 radical (unpaired) electrons. The van der Waals surface area contributed by atoms with Crippen LogP contribution >= 0.6 is 11.3 Å². The van der Waals surface area contributed by atoms with Gasteiger partial charge in [0.05, 0.1) is 6.54 Å². The lowest BCUT2D eigenvalue weighted by Crippen LogP contribution is -2.42. The molecule has 1 heterocycles. The molecule has 0 fully saturated rings. The van der Waals surface area contributed by atoms with Crippen molar-refractivity contribution in [1.82, 2.24) is 10.2 Å². The summed E-state index contributed by atoms with van der Waals surface area (Å²) in [5.41, 5.74) is 0. The molecular weight excluding hydrogens is 260 g/mol. The number of amides is 2. The van der Waals surface area contributed by atoms with E-state index < -0.39 is 0 Å². The number of nitrogens with one attached hydrogen (secondary N) is 1. The quantitative estimate of drug-likeness (QED) is 0.832. The number of aryl methyl sites for hydroxylation is 1. The van der Waals surface area contributed by atoms with Crippen molar-refractivity contribution < 1.29 is 9.59 Å². The molecule has 0 aliphatic rings. The summed E-state index contributed by atoms with van der Waals surface area (Å²) in [7, 11) is 0. The molecule has 1 aromatic rings. The lowest BCUT2D eigenvalue weighted by atomic mass is 10.2. The van der Waals surface area contributed by atoms with Crippen LogP contribution in [0.2, 0.25) is 0 Å². The second-order valence-electron chi connectivity index (χ2n) is 4.71. The molecular formula is C14H22N2O2S. The summed E-state index contributed by atoms with van der Waals surface area (Å²) in [5, 5.41) is 4.81. The van der Waals surface area contributed by atoms with Gasteiger partial charge in [0.25, 0.3) is 0 Å². The maximum absolute atomic E-state index is 12.0. The third-order valence-corrected chi connectivity index (χ3v) is 3.62. The van der Waals surface area contributed by atoms with Crippen LogP contribution in [0.25, 0.3) is 0 Å². The molecule has 106 valence electrons. The highest BCUT2D eigenvalue weighted by atomic mass is 32.1.